The summed E-state index contributed by atoms with van der Waals surface area (Å²) in [6.07, 6.45) is -4.37. The Balaban J connectivity index is 0.00000300. The lowest BCUT2D eigenvalue weighted by Gasteiger charge is -2.23. The molecule has 1 unspecified atom stereocenters. The number of rotatable bonds is 6. The Hall–Kier alpha value is -2.29. The van der Waals surface area contributed by atoms with E-state index in [0.717, 1.165) is 17.7 Å². The van der Waals surface area contributed by atoms with Crippen molar-refractivity contribution in [3.8, 4) is 0 Å². The van der Waals surface area contributed by atoms with Gasteiger partial charge in [-0.15, -0.1) is 12.4 Å². The lowest BCUT2D eigenvalue weighted by atomic mass is 10.1. The van der Waals surface area contributed by atoms with E-state index >= 15 is 0 Å². The van der Waals surface area contributed by atoms with Crippen LogP contribution in [0.25, 0.3) is 0 Å². The van der Waals surface area contributed by atoms with Crippen LogP contribution in [0.2, 0.25) is 0 Å². The number of halogens is 4. The molecule has 0 radical (unpaired) electrons. The number of ether oxygens (including phenoxy) is 1. The number of carbonyl (C=O) groups is 1. The Labute approximate surface area is 173 Å². The number of anilines is 2. The second-order valence-electron chi connectivity index (χ2n) is 6.58. The van der Waals surface area contributed by atoms with Crippen LogP contribution >= 0.6 is 12.4 Å². The highest BCUT2D eigenvalue weighted by molar-refractivity contribution is 5.94. The van der Waals surface area contributed by atoms with Gasteiger partial charge in [-0.1, -0.05) is 30.3 Å². The van der Waals surface area contributed by atoms with Crippen LogP contribution in [0.4, 0.5) is 24.5 Å². The topological polar surface area (TPSA) is 62.4 Å². The first-order chi connectivity index (χ1) is 13.4. The third kappa shape index (κ3) is 6.92. The van der Waals surface area contributed by atoms with Crippen molar-refractivity contribution in [3.05, 3.63) is 59.7 Å². The van der Waals surface area contributed by atoms with Gasteiger partial charge < -0.3 is 20.7 Å². The van der Waals surface area contributed by atoms with Gasteiger partial charge in [-0.3, -0.25) is 4.79 Å². The first-order valence-electron chi connectivity index (χ1n) is 9.02. The molecular formula is C20H23ClF3N3O2. The monoisotopic (exact) mass is 429 g/mol. The molecule has 2 aromatic rings. The number of nitrogens with one attached hydrogen (secondary N) is 3. The Morgan fingerprint density at radius 1 is 1.14 bits per heavy atom. The molecule has 2 aromatic carbocycles. The summed E-state index contributed by atoms with van der Waals surface area (Å²) in [5.41, 5.74) is 0.695. The largest absolute Gasteiger partial charge is 0.416 e. The Morgan fingerprint density at radius 2 is 1.90 bits per heavy atom. The Bertz CT molecular complexity index is 797. The molecular weight excluding hydrogens is 407 g/mol. The fraction of sp³-hybridized carbons (Fsp3) is 0.350. The van der Waals surface area contributed by atoms with E-state index in [1.54, 1.807) is 0 Å². The van der Waals surface area contributed by atoms with Crippen molar-refractivity contribution in [1.82, 2.24) is 5.32 Å². The molecule has 0 saturated carbocycles. The van der Waals surface area contributed by atoms with E-state index in [-0.39, 0.29) is 36.5 Å². The fourth-order valence-electron chi connectivity index (χ4n) is 2.95. The standard InChI is InChI=1S/C20H22F3N3O2.ClH/c21-20(22,23)15-6-7-17(25-12-14-4-2-1-3-5-14)18(10-15)26-19(27)11-16-13-28-9-8-24-16;/h1-7,10,16,24-25H,8-9,11-13H2,(H,26,27);1H. The fourth-order valence-corrected chi connectivity index (χ4v) is 2.95. The molecule has 1 heterocycles. The van der Waals surface area contributed by atoms with Crippen LogP contribution in [0, 0.1) is 0 Å². The van der Waals surface area contributed by atoms with E-state index in [9.17, 15) is 18.0 Å². The third-order valence-corrected chi connectivity index (χ3v) is 4.38. The molecule has 0 aromatic heterocycles. The van der Waals surface area contributed by atoms with Gasteiger partial charge in [0.05, 0.1) is 30.2 Å². The van der Waals surface area contributed by atoms with E-state index in [4.69, 9.17) is 4.74 Å². The summed E-state index contributed by atoms with van der Waals surface area (Å²) in [7, 11) is 0. The zero-order valence-corrected chi connectivity index (χ0v) is 16.4. The average molecular weight is 430 g/mol. The SMILES string of the molecule is Cl.O=C(CC1COCCN1)Nc1cc(C(F)(F)F)ccc1NCc1ccccc1. The number of amides is 1. The van der Waals surface area contributed by atoms with Gasteiger partial charge in [0.1, 0.15) is 0 Å². The molecule has 9 heteroatoms. The number of morpholine rings is 1. The van der Waals surface area contributed by atoms with Crippen molar-refractivity contribution in [2.24, 2.45) is 0 Å². The molecule has 5 nitrogen and oxygen atoms in total. The maximum atomic E-state index is 13.1. The predicted molar refractivity (Wildman–Crippen MR) is 108 cm³/mol. The molecule has 0 aliphatic carbocycles. The molecule has 1 aliphatic heterocycles. The minimum Gasteiger partial charge on any atom is -0.379 e. The van der Waals surface area contributed by atoms with Gasteiger partial charge in [0, 0.05) is 25.6 Å². The van der Waals surface area contributed by atoms with Crippen LogP contribution in [0.15, 0.2) is 48.5 Å². The molecule has 3 rings (SSSR count). The molecule has 1 amide bonds. The quantitative estimate of drug-likeness (QED) is 0.648. The predicted octanol–water partition coefficient (Wildman–Crippen LogP) is 4.06. The maximum Gasteiger partial charge on any atom is 0.416 e. The second-order valence-corrected chi connectivity index (χ2v) is 6.58. The van der Waals surface area contributed by atoms with Gasteiger partial charge in [0.2, 0.25) is 5.91 Å². The van der Waals surface area contributed by atoms with E-state index in [1.807, 2.05) is 30.3 Å². The van der Waals surface area contributed by atoms with Crippen molar-refractivity contribution in [1.29, 1.82) is 0 Å². The molecule has 0 bridgehead atoms. The van der Waals surface area contributed by atoms with E-state index < -0.39 is 11.7 Å². The number of alkyl halides is 3. The summed E-state index contributed by atoms with van der Waals surface area (Å²) in [6.45, 7) is 2.05. The molecule has 0 spiro atoms. The number of benzene rings is 2. The minimum atomic E-state index is -4.49. The van der Waals surface area contributed by atoms with Crippen molar-refractivity contribution >= 4 is 29.7 Å². The molecule has 1 saturated heterocycles. The third-order valence-electron chi connectivity index (χ3n) is 4.38. The second kappa shape index (κ2) is 10.5. The molecule has 1 fully saturated rings. The maximum absolute atomic E-state index is 13.1. The lowest BCUT2D eigenvalue weighted by Crippen LogP contribution is -2.43. The van der Waals surface area contributed by atoms with Gasteiger partial charge in [-0.05, 0) is 23.8 Å². The van der Waals surface area contributed by atoms with E-state index in [0.29, 0.717) is 32.0 Å². The van der Waals surface area contributed by atoms with Crippen molar-refractivity contribution in [3.63, 3.8) is 0 Å². The summed E-state index contributed by atoms with van der Waals surface area (Å²) >= 11 is 0. The van der Waals surface area contributed by atoms with Crippen LogP contribution < -0.4 is 16.0 Å². The van der Waals surface area contributed by atoms with Gasteiger partial charge in [0.25, 0.3) is 0 Å². The van der Waals surface area contributed by atoms with Crippen LogP contribution in [0.1, 0.15) is 17.5 Å². The summed E-state index contributed by atoms with van der Waals surface area (Å²) in [5.74, 6) is -0.370. The van der Waals surface area contributed by atoms with Gasteiger partial charge in [-0.25, -0.2) is 0 Å². The van der Waals surface area contributed by atoms with Gasteiger partial charge in [-0.2, -0.15) is 13.2 Å². The van der Waals surface area contributed by atoms with Crippen LogP contribution in [-0.4, -0.2) is 31.7 Å². The number of hydrogen-bond donors (Lipinski definition) is 3. The molecule has 158 valence electrons. The van der Waals surface area contributed by atoms with Crippen LogP contribution in [0.3, 0.4) is 0 Å². The van der Waals surface area contributed by atoms with E-state index in [2.05, 4.69) is 16.0 Å². The Morgan fingerprint density at radius 3 is 2.55 bits per heavy atom. The van der Waals surface area contributed by atoms with Crippen LogP contribution in [-0.2, 0) is 22.3 Å². The first-order valence-corrected chi connectivity index (χ1v) is 9.02. The molecule has 1 atom stereocenters. The zero-order chi connectivity index (χ0) is 20.0. The summed E-state index contributed by atoms with van der Waals surface area (Å²) < 4.78 is 44.6. The average Bonchev–Trinajstić information content (AvgIpc) is 2.67. The molecule has 1 aliphatic rings. The number of hydrogen-bond acceptors (Lipinski definition) is 4. The van der Waals surface area contributed by atoms with Crippen molar-refractivity contribution in [2.75, 3.05) is 30.4 Å². The molecule has 29 heavy (non-hydrogen) atoms. The first kappa shape index (κ1) is 23.0. The highest BCUT2D eigenvalue weighted by Crippen LogP contribution is 2.34. The highest BCUT2D eigenvalue weighted by Gasteiger charge is 2.31. The van der Waals surface area contributed by atoms with E-state index in [1.165, 1.54) is 6.07 Å². The highest BCUT2D eigenvalue weighted by atomic mass is 35.5. The summed E-state index contributed by atoms with van der Waals surface area (Å²) in [5, 5.41) is 8.86. The van der Waals surface area contributed by atoms with Crippen LogP contribution in [0.5, 0.6) is 0 Å². The lowest BCUT2D eigenvalue weighted by molar-refractivity contribution is -0.137. The zero-order valence-electron chi connectivity index (χ0n) is 15.6. The minimum absolute atomic E-state index is 0. The Kier molecular flexibility index (Phi) is 8.31. The van der Waals surface area contributed by atoms with Crippen molar-refractivity contribution in [2.45, 2.75) is 25.2 Å². The molecule has 3 N–H and O–H groups in total. The normalized spacial score (nSPS) is 16.6. The summed E-state index contributed by atoms with van der Waals surface area (Å²) in [6, 6.07) is 12.6. The smallest absolute Gasteiger partial charge is 0.379 e. The number of carbonyl (C=O) groups excluding carboxylic acids is 1. The van der Waals surface area contributed by atoms with Crippen molar-refractivity contribution < 1.29 is 22.7 Å². The van der Waals surface area contributed by atoms with Gasteiger partial charge in [0.15, 0.2) is 0 Å². The van der Waals surface area contributed by atoms with Gasteiger partial charge >= 0.3 is 6.18 Å². The summed E-state index contributed by atoms with van der Waals surface area (Å²) in [4.78, 5) is 12.4.